The largest absolute Gasteiger partial charge is 0.337 e. The van der Waals surface area contributed by atoms with Gasteiger partial charge in [-0.3, -0.25) is 0 Å². The third kappa shape index (κ3) is 4.65. The Morgan fingerprint density at radius 1 is 1.24 bits per heavy atom. The van der Waals surface area contributed by atoms with Crippen molar-refractivity contribution in [2.45, 2.75) is 69.3 Å². The summed E-state index contributed by atoms with van der Waals surface area (Å²) >= 11 is 4.46. The highest BCUT2D eigenvalue weighted by atomic mass is 32.2. The Balaban J connectivity index is 1.75. The molecule has 0 saturated carbocycles. The second-order valence-corrected chi connectivity index (χ2v) is 10.7. The number of benzene rings is 1. The van der Waals surface area contributed by atoms with Gasteiger partial charge in [-0.1, -0.05) is 24.6 Å². The molecule has 25 heavy (non-hydrogen) atoms. The number of aryl methyl sites for hydroxylation is 4. The van der Waals surface area contributed by atoms with Crippen molar-refractivity contribution in [1.29, 1.82) is 0 Å². The second kappa shape index (κ2) is 8.22. The normalized spacial score (nSPS) is 23.3. The number of rotatable bonds is 7. The molecule has 0 aliphatic carbocycles. The number of hydrogen-bond donors (Lipinski definition) is 0. The first-order chi connectivity index (χ1) is 12.0. The number of thioether (sulfide) groups is 2. The Morgan fingerprint density at radius 2 is 2.00 bits per heavy atom. The van der Waals surface area contributed by atoms with Crippen LogP contribution < -0.4 is 0 Å². The van der Waals surface area contributed by atoms with Crippen molar-refractivity contribution in [2.75, 3.05) is 5.75 Å². The summed E-state index contributed by atoms with van der Waals surface area (Å²) in [5, 5.41) is 0.810. The third-order valence-electron chi connectivity index (χ3n) is 5.19. The lowest BCUT2D eigenvalue weighted by molar-refractivity contribution is 0.577. The highest BCUT2D eigenvalue weighted by Crippen LogP contribution is 2.54. The first kappa shape index (κ1) is 18.9. The molecule has 1 saturated heterocycles. The van der Waals surface area contributed by atoms with Crippen LogP contribution in [0.5, 0.6) is 0 Å². The zero-order valence-electron chi connectivity index (χ0n) is 15.9. The maximum absolute atomic E-state index is 4.17. The van der Waals surface area contributed by atoms with Gasteiger partial charge in [0.15, 0.2) is 0 Å². The molecule has 136 valence electrons. The van der Waals surface area contributed by atoms with Crippen LogP contribution in [-0.4, -0.2) is 24.6 Å². The summed E-state index contributed by atoms with van der Waals surface area (Å²) in [6.45, 7) is 10.2. The van der Waals surface area contributed by atoms with Crippen LogP contribution in [0, 0.1) is 20.8 Å². The topological polar surface area (TPSA) is 17.8 Å². The minimum Gasteiger partial charge on any atom is -0.337 e. The third-order valence-corrected chi connectivity index (χ3v) is 9.10. The number of nitrogens with zero attached hydrogens (tertiary/aromatic N) is 2. The van der Waals surface area contributed by atoms with Crippen molar-refractivity contribution in [2.24, 2.45) is 0 Å². The summed E-state index contributed by atoms with van der Waals surface area (Å²) < 4.78 is 2.55. The first-order valence-electron chi connectivity index (χ1n) is 9.35. The van der Waals surface area contributed by atoms with Crippen molar-refractivity contribution in [1.82, 2.24) is 9.55 Å². The van der Waals surface area contributed by atoms with Gasteiger partial charge in [-0.2, -0.15) is 0 Å². The lowest BCUT2D eigenvalue weighted by Gasteiger charge is -2.30. The van der Waals surface area contributed by atoms with Crippen LogP contribution in [-0.2, 0) is 13.0 Å². The van der Waals surface area contributed by atoms with E-state index in [0.717, 1.165) is 11.8 Å². The van der Waals surface area contributed by atoms with Gasteiger partial charge in [-0.15, -0.1) is 23.5 Å². The van der Waals surface area contributed by atoms with E-state index in [-0.39, 0.29) is 0 Å². The summed E-state index contributed by atoms with van der Waals surface area (Å²) in [5.74, 6) is 1.30. The van der Waals surface area contributed by atoms with E-state index in [4.69, 9.17) is 0 Å². The summed E-state index contributed by atoms with van der Waals surface area (Å²) in [6.07, 6.45) is 10.9. The Labute approximate surface area is 161 Å². The fourth-order valence-corrected chi connectivity index (χ4v) is 7.72. The van der Waals surface area contributed by atoms with E-state index in [0.29, 0.717) is 4.08 Å². The van der Waals surface area contributed by atoms with Gasteiger partial charge in [-0.25, -0.2) is 4.98 Å². The van der Waals surface area contributed by atoms with Crippen molar-refractivity contribution < 1.29 is 0 Å². The van der Waals surface area contributed by atoms with Crippen LogP contribution in [0.25, 0.3) is 0 Å². The zero-order chi connectivity index (χ0) is 17.9. The average Bonchev–Trinajstić information content (AvgIpc) is 3.21. The highest BCUT2D eigenvalue weighted by molar-refractivity contribution is 8.21. The summed E-state index contributed by atoms with van der Waals surface area (Å²) in [5.41, 5.74) is 5.89. The molecule has 1 fully saturated rings. The summed E-state index contributed by atoms with van der Waals surface area (Å²) in [7, 11) is 0. The SMILES string of the molecule is CCC1CSC(CCCn2ccnc2)(Cc2c(C)cc(C)cc2C)S1. The smallest absolute Gasteiger partial charge is 0.0945 e. The molecule has 1 aliphatic heterocycles. The Bertz CT molecular complexity index is 673. The lowest BCUT2D eigenvalue weighted by Crippen LogP contribution is -2.23. The van der Waals surface area contributed by atoms with E-state index in [1.54, 1.807) is 5.56 Å². The van der Waals surface area contributed by atoms with Crippen LogP contribution in [0.1, 0.15) is 48.4 Å². The van der Waals surface area contributed by atoms with Gasteiger partial charge < -0.3 is 4.57 Å². The molecule has 2 aromatic rings. The number of aromatic nitrogens is 2. The van der Waals surface area contributed by atoms with Gasteiger partial charge in [0, 0.05) is 29.9 Å². The number of imidazole rings is 1. The van der Waals surface area contributed by atoms with Gasteiger partial charge in [0.1, 0.15) is 0 Å². The Morgan fingerprint density at radius 3 is 2.60 bits per heavy atom. The predicted octanol–water partition coefficient (Wildman–Crippen LogP) is 5.79. The zero-order valence-corrected chi connectivity index (χ0v) is 17.6. The maximum atomic E-state index is 4.17. The molecule has 0 bridgehead atoms. The molecule has 1 aliphatic rings. The minimum atomic E-state index is 0.339. The average molecular weight is 375 g/mol. The molecule has 4 heteroatoms. The fourth-order valence-electron chi connectivity index (χ4n) is 3.84. The van der Waals surface area contributed by atoms with Gasteiger partial charge in [0.05, 0.1) is 10.4 Å². The molecule has 1 aromatic carbocycles. The molecule has 1 aromatic heterocycles. The standard InChI is InChI=1S/C21H30N2S2/c1-5-19-14-24-21(25-19,7-6-9-23-10-8-22-15-23)13-20-17(3)11-16(2)12-18(20)4/h8,10-12,15,19H,5-7,9,13-14H2,1-4H3. The molecular weight excluding hydrogens is 344 g/mol. The van der Waals surface area contributed by atoms with Crippen molar-refractivity contribution >= 4 is 23.5 Å². The summed E-state index contributed by atoms with van der Waals surface area (Å²) in [4.78, 5) is 4.17. The quantitative estimate of drug-likeness (QED) is 0.611. The van der Waals surface area contributed by atoms with E-state index in [1.807, 2.05) is 12.5 Å². The maximum Gasteiger partial charge on any atom is 0.0945 e. The van der Waals surface area contributed by atoms with Crippen molar-refractivity contribution in [3.8, 4) is 0 Å². The second-order valence-electron chi connectivity index (χ2n) is 7.33. The molecule has 0 spiro atoms. The monoisotopic (exact) mass is 374 g/mol. The molecule has 0 radical (unpaired) electrons. The predicted molar refractivity (Wildman–Crippen MR) is 113 cm³/mol. The van der Waals surface area contributed by atoms with E-state index in [1.165, 1.54) is 48.1 Å². The molecule has 3 rings (SSSR count). The van der Waals surface area contributed by atoms with Gasteiger partial charge >= 0.3 is 0 Å². The summed E-state index contributed by atoms with van der Waals surface area (Å²) in [6, 6.07) is 4.70. The van der Waals surface area contributed by atoms with Gasteiger partial charge in [0.2, 0.25) is 0 Å². The highest BCUT2D eigenvalue weighted by Gasteiger charge is 2.40. The molecule has 0 N–H and O–H groups in total. The first-order valence-corrected chi connectivity index (χ1v) is 11.2. The van der Waals surface area contributed by atoms with Crippen LogP contribution in [0.2, 0.25) is 0 Å². The molecule has 2 atom stereocenters. The van der Waals surface area contributed by atoms with E-state index < -0.39 is 0 Å². The Kier molecular flexibility index (Phi) is 6.21. The number of hydrogen-bond acceptors (Lipinski definition) is 3. The van der Waals surface area contributed by atoms with Crippen LogP contribution >= 0.6 is 23.5 Å². The van der Waals surface area contributed by atoms with E-state index in [2.05, 4.69) is 79.1 Å². The van der Waals surface area contributed by atoms with Crippen LogP contribution in [0.3, 0.4) is 0 Å². The molecule has 2 nitrogen and oxygen atoms in total. The molecule has 0 amide bonds. The van der Waals surface area contributed by atoms with Crippen LogP contribution in [0.4, 0.5) is 0 Å². The Hall–Kier alpha value is -0.870. The van der Waals surface area contributed by atoms with Crippen molar-refractivity contribution in [3.63, 3.8) is 0 Å². The molecular formula is C21H30N2S2. The van der Waals surface area contributed by atoms with Crippen molar-refractivity contribution in [3.05, 3.63) is 53.1 Å². The minimum absolute atomic E-state index is 0.339. The van der Waals surface area contributed by atoms with Gasteiger partial charge in [-0.05, 0) is 63.1 Å². The van der Waals surface area contributed by atoms with Crippen LogP contribution in [0.15, 0.2) is 30.9 Å². The van der Waals surface area contributed by atoms with E-state index in [9.17, 15) is 0 Å². The van der Waals surface area contributed by atoms with Gasteiger partial charge in [0.25, 0.3) is 0 Å². The fraction of sp³-hybridized carbons (Fsp3) is 0.571. The van der Waals surface area contributed by atoms with E-state index >= 15 is 0 Å². The lowest BCUT2D eigenvalue weighted by atomic mass is 9.95. The molecule has 2 unspecified atom stereocenters. The molecule has 2 heterocycles.